The van der Waals surface area contributed by atoms with E-state index < -0.39 is 12.1 Å². The average Bonchev–Trinajstić information content (AvgIpc) is 3.12. The second-order valence-electron chi connectivity index (χ2n) is 4.35. The van der Waals surface area contributed by atoms with Crippen molar-refractivity contribution >= 4 is 23.0 Å². The van der Waals surface area contributed by atoms with Crippen LogP contribution in [-0.4, -0.2) is 19.2 Å². The summed E-state index contributed by atoms with van der Waals surface area (Å²) in [7, 11) is 1.50. The minimum atomic E-state index is -1.20. The van der Waals surface area contributed by atoms with Crippen LogP contribution in [0.2, 0.25) is 0 Å². The number of hydrogen-bond donors (Lipinski definition) is 1. The maximum Gasteiger partial charge on any atom is 0.412 e. The van der Waals surface area contributed by atoms with E-state index in [1.807, 2.05) is 0 Å². The molecule has 0 spiro atoms. The van der Waals surface area contributed by atoms with Gasteiger partial charge in [-0.15, -0.1) is 0 Å². The van der Waals surface area contributed by atoms with E-state index >= 15 is 0 Å². The molecule has 22 heavy (non-hydrogen) atoms. The summed E-state index contributed by atoms with van der Waals surface area (Å²) < 4.78 is 20.5. The summed E-state index contributed by atoms with van der Waals surface area (Å²) in [5.41, 5.74) is 5.37. The third-order valence-corrected chi connectivity index (χ3v) is 3.04. The van der Waals surface area contributed by atoms with E-state index in [-0.39, 0.29) is 11.3 Å². The minimum absolute atomic E-state index is 0.0441. The Morgan fingerprint density at radius 3 is 2.68 bits per heavy atom. The van der Waals surface area contributed by atoms with Gasteiger partial charge in [0.2, 0.25) is 0 Å². The molecule has 7 nitrogen and oxygen atoms in total. The molecule has 2 heterocycles. The molecule has 0 atom stereocenters. The van der Waals surface area contributed by atoms with Gasteiger partial charge < -0.3 is 24.0 Å². The topological polar surface area (TPSA) is 105 Å². The fourth-order valence-electron chi connectivity index (χ4n) is 2.13. The summed E-state index contributed by atoms with van der Waals surface area (Å²) in [5.74, 6) is 0.0735. The lowest BCUT2D eigenvalue weighted by atomic mass is 10.1. The largest absolute Gasteiger partial charge is 0.497 e. The van der Waals surface area contributed by atoms with Crippen molar-refractivity contribution in [1.29, 1.82) is 0 Å². The quantitative estimate of drug-likeness (QED) is 0.589. The second kappa shape index (κ2) is 5.28. The fraction of sp³-hybridized carbons (Fsp3) is 0.0667. The zero-order valence-corrected chi connectivity index (χ0v) is 11.5. The minimum Gasteiger partial charge on any atom is -0.497 e. The van der Waals surface area contributed by atoms with Crippen LogP contribution in [0.3, 0.4) is 0 Å². The van der Waals surface area contributed by atoms with E-state index in [1.54, 1.807) is 30.3 Å². The van der Waals surface area contributed by atoms with E-state index in [2.05, 4.69) is 4.74 Å². The summed E-state index contributed by atoms with van der Waals surface area (Å²) in [5, 5.41) is 0.428. The van der Waals surface area contributed by atoms with Gasteiger partial charge in [0.1, 0.15) is 16.9 Å². The number of methoxy groups -OCH3 is 1. The van der Waals surface area contributed by atoms with Gasteiger partial charge in [0.05, 0.1) is 13.4 Å². The molecule has 0 saturated heterocycles. The summed E-state index contributed by atoms with van der Waals surface area (Å²) in [6.45, 7) is 0. The summed E-state index contributed by atoms with van der Waals surface area (Å²) in [6.07, 6.45) is 0.236. The first kappa shape index (κ1) is 13.7. The number of nitrogens with two attached hydrogens (primary N) is 1. The van der Waals surface area contributed by atoms with Crippen molar-refractivity contribution < 1.29 is 27.9 Å². The lowest BCUT2D eigenvalue weighted by Crippen LogP contribution is -2.18. The molecule has 0 radical (unpaired) electrons. The van der Waals surface area contributed by atoms with E-state index in [0.717, 1.165) is 0 Å². The Labute approximate surface area is 124 Å². The molecule has 2 aromatic heterocycles. The van der Waals surface area contributed by atoms with Crippen LogP contribution < -0.4 is 10.5 Å². The molecular formula is C15H11NO6. The Morgan fingerprint density at radius 1 is 1.23 bits per heavy atom. The molecule has 0 fully saturated rings. The number of rotatable bonds is 3. The molecule has 7 heteroatoms. The molecule has 0 aliphatic carbocycles. The fourth-order valence-corrected chi connectivity index (χ4v) is 2.13. The monoisotopic (exact) mass is 301 g/mol. The number of furan rings is 2. The first-order valence-corrected chi connectivity index (χ1v) is 6.26. The van der Waals surface area contributed by atoms with Crippen molar-refractivity contribution in [3.63, 3.8) is 0 Å². The number of amides is 1. The summed E-state index contributed by atoms with van der Waals surface area (Å²) in [6, 6.07) is 8.19. The molecule has 1 aromatic carbocycles. The molecule has 3 rings (SSSR count). The normalized spacial score (nSPS) is 10.6. The highest BCUT2D eigenvalue weighted by molar-refractivity contribution is 6.11. The maximum atomic E-state index is 12.2. The number of carbonyl (C=O) groups is 2. The molecule has 2 N–H and O–H groups in total. The van der Waals surface area contributed by atoms with E-state index in [0.29, 0.717) is 22.5 Å². The van der Waals surface area contributed by atoms with Crippen LogP contribution in [0.4, 0.5) is 4.79 Å². The van der Waals surface area contributed by atoms with Crippen LogP contribution in [-0.2, 0) is 4.74 Å². The molecule has 0 bridgehead atoms. The van der Waals surface area contributed by atoms with Gasteiger partial charge in [0.15, 0.2) is 11.5 Å². The Kier molecular flexibility index (Phi) is 3.30. The zero-order valence-electron chi connectivity index (χ0n) is 11.5. The van der Waals surface area contributed by atoms with Crippen LogP contribution in [0.1, 0.15) is 10.4 Å². The SMILES string of the molecule is COc1ccc2oc(-c3ccco3)c(C(=O)OC(N)=O)c2c1. The first-order valence-electron chi connectivity index (χ1n) is 6.26. The number of esters is 1. The Balaban J connectivity index is 2.25. The van der Waals surface area contributed by atoms with Gasteiger partial charge in [-0.3, -0.25) is 0 Å². The number of hydrogen-bond acceptors (Lipinski definition) is 6. The standard InChI is InChI=1S/C15H11NO6/c1-19-8-4-5-10-9(7-8)12(14(17)22-15(16)18)13(21-10)11-3-2-6-20-11/h2-7H,1H3,(H2,16,18). The molecule has 0 aliphatic heterocycles. The van der Waals surface area contributed by atoms with Gasteiger partial charge in [-0.2, -0.15) is 0 Å². The molecule has 1 amide bonds. The van der Waals surface area contributed by atoms with E-state index in [9.17, 15) is 9.59 Å². The van der Waals surface area contributed by atoms with Crippen LogP contribution in [0.5, 0.6) is 5.75 Å². The third kappa shape index (κ3) is 2.28. The molecule has 0 unspecified atom stereocenters. The van der Waals surface area contributed by atoms with Crippen LogP contribution >= 0.6 is 0 Å². The first-order chi connectivity index (χ1) is 10.6. The maximum absolute atomic E-state index is 12.2. The Hall–Kier alpha value is -3.22. The third-order valence-electron chi connectivity index (χ3n) is 3.04. The molecule has 112 valence electrons. The van der Waals surface area contributed by atoms with Crippen molar-refractivity contribution in [3.05, 3.63) is 42.2 Å². The number of ether oxygens (including phenoxy) is 2. The number of carbonyl (C=O) groups excluding carboxylic acids is 2. The number of fused-ring (bicyclic) bond motifs is 1. The van der Waals surface area contributed by atoms with Gasteiger partial charge in [0, 0.05) is 5.39 Å². The van der Waals surface area contributed by atoms with Crippen molar-refractivity contribution in [1.82, 2.24) is 0 Å². The van der Waals surface area contributed by atoms with Crippen LogP contribution in [0.25, 0.3) is 22.5 Å². The lowest BCUT2D eigenvalue weighted by molar-refractivity contribution is 0.0640. The van der Waals surface area contributed by atoms with Crippen molar-refractivity contribution in [3.8, 4) is 17.3 Å². The summed E-state index contributed by atoms with van der Waals surface area (Å²) >= 11 is 0. The Morgan fingerprint density at radius 2 is 2.05 bits per heavy atom. The van der Waals surface area contributed by atoms with Gasteiger partial charge >= 0.3 is 12.1 Å². The highest BCUT2D eigenvalue weighted by atomic mass is 16.6. The highest BCUT2D eigenvalue weighted by Gasteiger charge is 2.26. The summed E-state index contributed by atoms with van der Waals surface area (Å²) in [4.78, 5) is 23.0. The highest BCUT2D eigenvalue weighted by Crippen LogP contribution is 2.36. The van der Waals surface area contributed by atoms with Gasteiger partial charge in [0.25, 0.3) is 0 Å². The molecule has 3 aromatic rings. The molecule has 0 saturated carbocycles. The van der Waals surface area contributed by atoms with Crippen molar-refractivity contribution in [2.75, 3.05) is 7.11 Å². The predicted octanol–water partition coefficient (Wildman–Crippen LogP) is 2.94. The number of primary amides is 1. The number of benzene rings is 1. The van der Waals surface area contributed by atoms with Gasteiger partial charge in [-0.05, 0) is 30.3 Å². The second-order valence-corrected chi connectivity index (χ2v) is 4.35. The van der Waals surface area contributed by atoms with Gasteiger partial charge in [-0.1, -0.05) is 0 Å². The molecular weight excluding hydrogens is 290 g/mol. The van der Waals surface area contributed by atoms with E-state index in [4.69, 9.17) is 19.3 Å². The molecule has 0 aliphatic rings. The zero-order chi connectivity index (χ0) is 15.7. The van der Waals surface area contributed by atoms with Crippen molar-refractivity contribution in [2.24, 2.45) is 5.73 Å². The van der Waals surface area contributed by atoms with Gasteiger partial charge in [-0.25, -0.2) is 9.59 Å². The Bertz CT molecular complexity index is 846. The predicted molar refractivity (Wildman–Crippen MR) is 75.5 cm³/mol. The lowest BCUT2D eigenvalue weighted by Gasteiger charge is -2.01. The van der Waals surface area contributed by atoms with Crippen LogP contribution in [0, 0.1) is 0 Å². The van der Waals surface area contributed by atoms with Crippen molar-refractivity contribution in [2.45, 2.75) is 0 Å². The smallest absolute Gasteiger partial charge is 0.412 e. The average molecular weight is 301 g/mol. The van der Waals surface area contributed by atoms with E-state index in [1.165, 1.54) is 13.4 Å². The van der Waals surface area contributed by atoms with Crippen LogP contribution in [0.15, 0.2) is 45.4 Å².